The molecule has 10 heteroatoms. The molecule has 1 fully saturated rings. The van der Waals surface area contributed by atoms with Gasteiger partial charge in [0.1, 0.15) is 11.4 Å². The molecule has 1 amide bonds. The lowest BCUT2D eigenvalue weighted by molar-refractivity contribution is -0.153. The van der Waals surface area contributed by atoms with E-state index in [0.717, 1.165) is 28.4 Å². The second-order valence-corrected chi connectivity index (χ2v) is 6.62. The molecule has 0 aromatic heterocycles. The van der Waals surface area contributed by atoms with Gasteiger partial charge in [-0.05, 0) is 0 Å². The Hall–Kier alpha value is -1.23. The summed E-state index contributed by atoms with van der Waals surface area (Å²) in [6.07, 6.45) is 0. The molecule has 0 aliphatic carbocycles. The molecule has 0 aromatic carbocycles. The third kappa shape index (κ3) is 2.39. The van der Waals surface area contributed by atoms with Crippen molar-refractivity contribution in [1.29, 1.82) is 0 Å². The lowest BCUT2D eigenvalue weighted by Gasteiger charge is -2.41. The average molecular weight is 320 g/mol. The minimum Gasteiger partial charge on any atom is -0.480 e. The van der Waals surface area contributed by atoms with Crippen molar-refractivity contribution in [2.45, 2.75) is 11.4 Å². The maximum atomic E-state index is 11.7. The maximum Gasteiger partial charge on any atom is 0.354 e. The second kappa shape index (κ2) is 5.64. The molecule has 5 N–H and O–H groups in total. The third-order valence-corrected chi connectivity index (χ3v) is 5.74. The quantitative estimate of drug-likeness (QED) is 0.449. The molecule has 0 aromatic rings. The average Bonchev–Trinajstić information content (AvgIpc) is 2.71. The zero-order valence-electron chi connectivity index (χ0n) is 10.1. The summed E-state index contributed by atoms with van der Waals surface area (Å²) in [4.78, 5) is 34.7. The van der Waals surface area contributed by atoms with Gasteiger partial charge in [0.2, 0.25) is 5.91 Å². The van der Waals surface area contributed by atoms with Crippen LogP contribution in [0.3, 0.4) is 0 Å². The number of fused-ring (bicyclic) bond motifs is 1. The van der Waals surface area contributed by atoms with E-state index in [4.69, 9.17) is 21.1 Å². The van der Waals surface area contributed by atoms with Crippen LogP contribution in [0.25, 0.3) is 0 Å². The molecule has 2 rings (SSSR count). The number of thioether (sulfide) groups is 2. The number of aliphatic carboxylic acids is 2. The van der Waals surface area contributed by atoms with Crippen LogP contribution in [0.1, 0.15) is 0 Å². The predicted molar refractivity (Wildman–Crippen MR) is 71.5 cm³/mol. The van der Waals surface area contributed by atoms with Gasteiger partial charge in [0, 0.05) is 5.75 Å². The maximum absolute atomic E-state index is 11.7. The van der Waals surface area contributed by atoms with Gasteiger partial charge in [-0.2, -0.15) is 0 Å². The number of carboxylic acids is 2. The van der Waals surface area contributed by atoms with Crippen molar-refractivity contribution in [2.24, 2.45) is 11.7 Å². The largest absolute Gasteiger partial charge is 0.480 e. The highest BCUT2D eigenvalue weighted by Crippen LogP contribution is 2.52. The molecule has 2 aliphatic heterocycles. The highest BCUT2D eigenvalue weighted by atomic mass is 32.2. The molecule has 0 bridgehead atoms. The normalized spacial score (nSPS) is 26.3. The number of nitrogens with two attached hydrogens (primary N) is 1. The molecule has 2 heterocycles. The van der Waals surface area contributed by atoms with E-state index >= 15 is 0 Å². The summed E-state index contributed by atoms with van der Waals surface area (Å²) in [6, 6.07) is -1.11. The minimum absolute atomic E-state index is 0.00693. The van der Waals surface area contributed by atoms with Crippen LogP contribution in [0, 0.1) is 5.92 Å². The number of β-lactam (4-membered cyclic amide) rings is 1. The van der Waals surface area contributed by atoms with Gasteiger partial charge in [0.25, 0.3) is 0 Å². The first kappa shape index (κ1) is 15.2. The number of amides is 1. The number of aliphatic hydroxyl groups excluding tert-OH is 1. The Morgan fingerprint density at radius 1 is 1.45 bits per heavy atom. The Kier molecular flexibility index (Phi) is 4.28. The van der Waals surface area contributed by atoms with Gasteiger partial charge in [0.15, 0.2) is 5.70 Å². The molecule has 20 heavy (non-hydrogen) atoms. The number of carbonyl (C=O) groups excluding carboxylic acids is 1. The van der Waals surface area contributed by atoms with Gasteiger partial charge in [-0.15, -0.1) is 11.8 Å². The third-order valence-electron chi connectivity index (χ3n) is 2.93. The Balaban J connectivity index is 2.13. The zero-order chi connectivity index (χ0) is 15.0. The van der Waals surface area contributed by atoms with Gasteiger partial charge < -0.3 is 21.1 Å². The van der Waals surface area contributed by atoms with Gasteiger partial charge in [-0.3, -0.25) is 14.5 Å². The van der Waals surface area contributed by atoms with E-state index in [2.05, 4.69) is 0 Å². The van der Waals surface area contributed by atoms with Crippen LogP contribution in [-0.4, -0.2) is 61.8 Å². The van der Waals surface area contributed by atoms with Crippen molar-refractivity contribution in [3.05, 3.63) is 9.93 Å². The van der Waals surface area contributed by atoms with Crippen molar-refractivity contribution in [1.82, 2.24) is 4.90 Å². The molecular formula is C10H12N2O6S2. The first-order chi connectivity index (χ1) is 9.38. The highest BCUT2D eigenvalue weighted by Gasteiger charge is 2.55. The van der Waals surface area contributed by atoms with Crippen LogP contribution < -0.4 is 5.73 Å². The second-order valence-electron chi connectivity index (χ2n) is 4.20. The molecule has 0 unspecified atom stereocenters. The van der Waals surface area contributed by atoms with E-state index in [-0.39, 0.29) is 18.1 Å². The van der Waals surface area contributed by atoms with Crippen LogP contribution in [-0.2, 0) is 14.4 Å². The van der Waals surface area contributed by atoms with Crippen molar-refractivity contribution in [2.75, 3.05) is 12.4 Å². The summed E-state index contributed by atoms with van der Waals surface area (Å²) < 4.78 is 0.350. The summed E-state index contributed by atoms with van der Waals surface area (Å²) in [5.74, 6) is -3.46. The number of aliphatic hydroxyl groups is 1. The fourth-order valence-electron chi connectivity index (χ4n) is 1.86. The lowest BCUT2D eigenvalue weighted by atomic mass is 9.99. The van der Waals surface area contributed by atoms with E-state index in [1.807, 2.05) is 0 Å². The van der Waals surface area contributed by atoms with E-state index in [0.29, 0.717) is 4.24 Å². The number of rotatable bonds is 6. The number of carboxylic acid groups (broad SMARTS) is 2. The number of hydrogen-bond acceptors (Lipinski definition) is 7. The fourth-order valence-corrected chi connectivity index (χ4v) is 4.62. The molecule has 0 saturated carbocycles. The highest BCUT2D eigenvalue weighted by molar-refractivity contribution is 8.22. The number of hydrogen-bond donors (Lipinski definition) is 4. The van der Waals surface area contributed by atoms with Gasteiger partial charge in [0.05, 0.1) is 16.8 Å². The summed E-state index contributed by atoms with van der Waals surface area (Å²) in [5.41, 5.74) is 5.21. The molecule has 8 nitrogen and oxygen atoms in total. The summed E-state index contributed by atoms with van der Waals surface area (Å²) in [5, 5.41) is 26.5. The van der Waals surface area contributed by atoms with Crippen LogP contribution in [0.5, 0.6) is 0 Å². The lowest BCUT2D eigenvalue weighted by Crippen LogP contribution is -2.58. The van der Waals surface area contributed by atoms with Crippen molar-refractivity contribution >= 4 is 41.4 Å². The van der Waals surface area contributed by atoms with Crippen molar-refractivity contribution in [3.8, 4) is 0 Å². The number of carbonyl (C=O) groups is 3. The monoisotopic (exact) mass is 320 g/mol. The standard InChI is InChI=1S/C10H12N2O6S2/c11-4(8(15)16)2-19-10-5(9(17)18)12-6(14)3(1-13)7(12)20-10/h3-4,7,13H,1-2,11H2,(H,15,16)(H,17,18)/t3-,4-,7+/m0/s1. The van der Waals surface area contributed by atoms with Crippen molar-refractivity contribution < 1.29 is 29.7 Å². The molecule has 3 atom stereocenters. The van der Waals surface area contributed by atoms with Crippen molar-refractivity contribution in [3.63, 3.8) is 0 Å². The SMILES string of the molecule is N[C@@H](CSC1=C(C(=O)O)N2C(=O)[C@H](CO)[C@H]2S1)C(=O)O. The molecule has 1 saturated heterocycles. The smallest absolute Gasteiger partial charge is 0.354 e. The Morgan fingerprint density at radius 2 is 2.10 bits per heavy atom. The number of nitrogens with zero attached hydrogens (tertiary/aromatic N) is 1. The van der Waals surface area contributed by atoms with E-state index in [9.17, 15) is 14.4 Å². The van der Waals surface area contributed by atoms with E-state index in [1.54, 1.807) is 0 Å². The van der Waals surface area contributed by atoms with Crippen LogP contribution >= 0.6 is 23.5 Å². The topological polar surface area (TPSA) is 141 Å². The van der Waals surface area contributed by atoms with Gasteiger partial charge in [-0.25, -0.2) is 4.79 Å². The Morgan fingerprint density at radius 3 is 2.60 bits per heavy atom. The van der Waals surface area contributed by atoms with Gasteiger partial charge in [-0.1, -0.05) is 11.8 Å². The van der Waals surface area contributed by atoms with E-state index in [1.165, 1.54) is 0 Å². The first-order valence-corrected chi connectivity index (χ1v) is 7.44. The molecule has 0 radical (unpaired) electrons. The summed E-state index contributed by atoms with van der Waals surface area (Å²) >= 11 is 2.14. The molecular weight excluding hydrogens is 308 g/mol. The fraction of sp³-hybridized carbons (Fsp3) is 0.500. The minimum atomic E-state index is -1.25. The van der Waals surface area contributed by atoms with Crippen LogP contribution in [0.2, 0.25) is 0 Å². The molecule has 2 aliphatic rings. The Labute approximate surface area is 122 Å². The first-order valence-electron chi connectivity index (χ1n) is 5.57. The van der Waals surface area contributed by atoms with Crippen LogP contribution in [0.4, 0.5) is 0 Å². The molecule has 0 spiro atoms. The zero-order valence-corrected chi connectivity index (χ0v) is 11.7. The Bertz CT molecular complexity index is 508. The van der Waals surface area contributed by atoms with E-state index < -0.39 is 35.2 Å². The van der Waals surface area contributed by atoms with Gasteiger partial charge >= 0.3 is 11.9 Å². The predicted octanol–water partition coefficient (Wildman–Crippen LogP) is -1.09. The summed E-state index contributed by atoms with van der Waals surface area (Å²) in [7, 11) is 0. The molecule has 110 valence electrons. The summed E-state index contributed by atoms with van der Waals surface area (Å²) in [6.45, 7) is -0.341. The van der Waals surface area contributed by atoms with Crippen LogP contribution in [0.15, 0.2) is 9.93 Å².